The van der Waals surface area contributed by atoms with Crippen LogP contribution in [-0.4, -0.2) is 9.97 Å². The topological polar surface area (TPSA) is 38.9 Å². The molecule has 0 aliphatic carbocycles. The number of aryl methyl sites for hydroxylation is 1. The average Bonchev–Trinajstić information content (AvgIpc) is 2.81. The van der Waals surface area contributed by atoms with E-state index < -0.39 is 0 Å². The summed E-state index contributed by atoms with van der Waals surface area (Å²) in [6.45, 7) is 1.92. The number of hydrogen-bond donors (Lipinski definition) is 0. The van der Waals surface area contributed by atoms with Gasteiger partial charge in [-0.05, 0) is 25.1 Å². The van der Waals surface area contributed by atoms with Gasteiger partial charge in [0.2, 0.25) is 0 Å². The van der Waals surface area contributed by atoms with Crippen LogP contribution in [0.1, 0.15) is 11.4 Å². The van der Waals surface area contributed by atoms with E-state index in [4.69, 9.17) is 16.0 Å². The van der Waals surface area contributed by atoms with Gasteiger partial charge >= 0.3 is 0 Å². The van der Waals surface area contributed by atoms with E-state index >= 15 is 0 Å². The summed E-state index contributed by atoms with van der Waals surface area (Å²) < 4.78 is 5.74. The monoisotopic (exact) mass is 258 g/mol. The van der Waals surface area contributed by atoms with Gasteiger partial charge in [-0.25, -0.2) is 9.97 Å². The SMILES string of the molecule is Cc1cc(CCl)nc(-c2cc3ccccc3o2)n1. The van der Waals surface area contributed by atoms with Gasteiger partial charge in [-0.3, -0.25) is 0 Å². The fraction of sp³-hybridized carbons (Fsp3) is 0.143. The van der Waals surface area contributed by atoms with Crippen LogP contribution >= 0.6 is 11.6 Å². The molecular formula is C14H11ClN2O. The van der Waals surface area contributed by atoms with E-state index in [9.17, 15) is 0 Å². The van der Waals surface area contributed by atoms with Crippen molar-refractivity contribution >= 4 is 22.6 Å². The number of para-hydroxylation sites is 1. The normalized spacial score (nSPS) is 11.0. The molecule has 2 aromatic heterocycles. The number of fused-ring (bicyclic) bond motifs is 1. The molecule has 0 saturated heterocycles. The molecule has 0 radical (unpaired) electrons. The largest absolute Gasteiger partial charge is 0.453 e. The molecule has 0 spiro atoms. The fourth-order valence-electron chi connectivity index (χ4n) is 1.90. The molecule has 1 aromatic carbocycles. The lowest BCUT2D eigenvalue weighted by Gasteiger charge is -2.00. The van der Waals surface area contributed by atoms with Gasteiger partial charge < -0.3 is 4.42 Å². The highest BCUT2D eigenvalue weighted by molar-refractivity contribution is 6.16. The van der Waals surface area contributed by atoms with Crippen molar-refractivity contribution in [1.29, 1.82) is 0 Å². The van der Waals surface area contributed by atoms with Gasteiger partial charge in [0, 0.05) is 11.1 Å². The summed E-state index contributed by atoms with van der Waals surface area (Å²) in [7, 11) is 0. The molecule has 0 aliphatic heterocycles. The van der Waals surface area contributed by atoms with E-state index in [1.165, 1.54) is 0 Å². The van der Waals surface area contributed by atoms with Gasteiger partial charge in [0.05, 0.1) is 11.6 Å². The van der Waals surface area contributed by atoms with E-state index in [1.54, 1.807) is 0 Å². The maximum Gasteiger partial charge on any atom is 0.196 e. The molecule has 2 heterocycles. The molecule has 0 aliphatic rings. The molecular weight excluding hydrogens is 248 g/mol. The minimum atomic E-state index is 0.372. The molecule has 3 rings (SSSR count). The number of alkyl halides is 1. The smallest absolute Gasteiger partial charge is 0.196 e. The first kappa shape index (κ1) is 11.2. The first-order valence-corrected chi connectivity index (χ1v) is 6.19. The summed E-state index contributed by atoms with van der Waals surface area (Å²) in [5.74, 6) is 1.63. The number of halogens is 1. The first-order chi connectivity index (χ1) is 8.76. The number of aromatic nitrogens is 2. The van der Waals surface area contributed by atoms with E-state index in [0.717, 1.165) is 22.4 Å². The third-order valence-corrected chi connectivity index (χ3v) is 2.96. The quantitative estimate of drug-likeness (QED) is 0.654. The molecule has 3 aromatic rings. The van der Waals surface area contributed by atoms with Crippen molar-refractivity contribution in [2.75, 3.05) is 0 Å². The molecule has 0 unspecified atom stereocenters. The van der Waals surface area contributed by atoms with Crippen molar-refractivity contribution in [2.24, 2.45) is 0 Å². The van der Waals surface area contributed by atoms with Gasteiger partial charge in [0.1, 0.15) is 5.58 Å². The summed E-state index contributed by atoms with van der Waals surface area (Å²) in [5.41, 5.74) is 2.53. The van der Waals surface area contributed by atoms with Crippen LogP contribution in [0.2, 0.25) is 0 Å². The van der Waals surface area contributed by atoms with E-state index in [2.05, 4.69) is 9.97 Å². The molecule has 0 amide bonds. The Morgan fingerprint density at radius 2 is 2.00 bits per heavy atom. The van der Waals surface area contributed by atoms with Crippen LogP contribution in [0.4, 0.5) is 0 Å². The van der Waals surface area contributed by atoms with Gasteiger partial charge in [0.15, 0.2) is 11.6 Å². The van der Waals surface area contributed by atoms with Crippen LogP contribution in [0.5, 0.6) is 0 Å². The maximum absolute atomic E-state index is 5.82. The minimum absolute atomic E-state index is 0.372. The molecule has 90 valence electrons. The lowest BCUT2D eigenvalue weighted by molar-refractivity contribution is 0.624. The van der Waals surface area contributed by atoms with Gasteiger partial charge in [-0.2, -0.15) is 0 Å². The second kappa shape index (κ2) is 4.42. The Balaban J connectivity index is 2.16. The highest BCUT2D eigenvalue weighted by Gasteiger charge is 2.10. The van der Waals surface area contributed by atoms with Gasteiger partial charge in [-0.1, -0.05) is 18.2 Å². The van der Waals surface area contributed by atoms with Crippen LogP contribution in [0.15, 0.2) is 40.8 Å². The summed E-state index contributed by atoms with van der Waals surface area (Å²) in [4.78, 5) is 8.76. The molecule has 0 bridgehead atoms. The van der Waals surface area contributed by atoms with Crippen molar-refractivity contribution in [3.05, 3.63) is 47.8 Å². The Bertz CT molecular complexity index is 673. The molecule has 0 atom stereocenters. The highest BCUT2D eigenvalue weighted by Crippen LogP contribution is 2.25. The number of rotatable bonds is 2. The Hall–Kier alpha value is -1.87. The third-order valence-electron chi connectivity index (χ3n) is 2.69. The second-order valence-electron chi connectivity index (χ2n) is 4.11. The molecule has 0 fully saturated rings. The van der Waals surface area contributed by atoms with Crippen molar-refractivity contribution in [1.82, 2.24) is 9.97 Å². The standard InChI is InChI=1S/C14H11ClN2O/c1-9-6-11(8-15)17-14(16-9)13-7-10-4-2-3-5-12(10)18-13/h2-7H,8H2,1H3. The van der Waals surface area contributed by atoms with E-state index in [-0.39, 0.29) is 0 Å². The molecule has 18 heavy (non-hydrogen) atoms. The molecule has 0 N–H and O–H groups in total. The minimum Gasteiger partial charge on any atom is -0.453 e. The van der Waals surface area contributed by atoms with Crippen molar-refractivity contribution in [3.63, 3.8) is 0 Å². The van der Waals surface area contributed by atoms with Crippen LogP contribution in [0, 0.1) is 6.92 Å². The van der Waals surface area contributed by atoms with Crippen LogP contribution < -0.4 is 0 Å². The highest BCUT2D eigenvalue weighted by atomic mass is 35.5. The Kier molecular flexibility index (Phi) is 2.76. The Labute approximate surface area is 109 Å². The third kappa shape index (κ3) is 1.97. The number of benzene rings is 1. The zero-order valence-corrected chi connectivity index (χ0v) is 10.6. The maximum atomic E-state index is 5.82. The number of hydrogen-bond acceptors (Lipinski definition) is 3. The molecule has 3 nitrogen and oxygen atoms in total. The second-order valence-corrected chi connectivity index (χ2v) is 4.37. The Morgan fingerprint density at radius 1 is 1.17 bits per heavy atom. The van der Waals surface area contributed by atoms with E-state index in [0.29, 0.717) is 17.5 Å². The van der Waals surface area contributed by atoms with Gasteiger partial charge in [-0.15, -0.1) is 11.6 Å². The number of furan rings is 1. The lowest BCUT2D eigenvalue weighted by atomic mass is 10.2. The average molecular weight is 259 g/mol. The predicted molar refractivity (Wildman–Crippen MR) is 71.5 cm³/mol. The summed E-state index contributed by atoms with van der Waals surface area (Å²) >= 11 is 5.82. The zero-order chi connectivity index (χ0) is 12.5. The Morgan fingerprint density at radius 3 is 2.78 bits per heavy atom. The lowest BCUT2D eigenvalue weighted by Crippen LogP contribution is -1.95. The first-order valence-electron chi connectivity index (χ1n) is 5.66. The van der Waals surface area contributed by atoms with Crippen molar-refractivity contribution in [3.8, 4) is 11.6 Å². The van der Waals surface area contributed by atoms with Crippen LogP contribution in [-0.2, 0) is 5.88 Å². The molecule has 0 saturated carbocycles. The summed E-state index contributed by atoms with van der Waals surface area (Å²) in [6.07, 6.45) is 0. The van der Waals surface area contributed by atoms with E-state index in [1.807, 2.05) is 43.3 Å². The zero-order valence-electron chi connectivity index (χ0n) is 9.85. The fourth-order valence-corrected chi connectivity index (χ4v) is 2.04. The summed E-state index contributed by atoms with van der Waals surface area (Å²) in [6, 6.07) is 11.7. The van der Waals surface area contributed by atoms with Crippen LogP contribution in [0.3, 0.4) is 0 Å². The predicted octanol–water partition coefficient (Wildman–Crippen LogP) is 3.94. The van der Waals surface area contributed by atoms with Gasteiger partial charge in [0.25, 0.3) is 0 Å². The number of nitrogens with zero attached hydrogens (tertiary/aromatic N) is 2. The van der Waals surface area contributed by atoms with Crippen molar-refractivity contribution < 1.29 is 4.42 Å². The summed E-state index contributed by atoms with van der Waals surface area (Å²) in [5, 5.41) is 1.05. The molecule has 4 heteroatoms. The van der Waals surface area contributed by atoms with Crippen LogP contribution in [0.25, 0.3) is 22.6 Å². The van der Waals surface area contributed by atoms with Crippen molar-refractivity contribution in [2.45, 2.75) is 12.8 Å².